The van der Waals surface area contributed by atoms with Gasteiger partial charge in [-0.1, -0.05) is 99.3 Å². The molecular weight excluding hydrogens is 582 g/mol. The van der Waals surface area contributed by atoms with Crippen LogP contribution < -0.4 is 9.62 Å². The molecule has 0 aliphatic heterocycles. The number of carbonyl (C=O) groups is 2. The van der Waals surface area contributed by atoms with Crippen LogP contribution in [0.1, 0.15) is 68.6 Å². The van der Waals surface area contributed by atoms with Crippen LogP contribution in [-0.4, -0.2) is 50.0 Å². The number of hydrogen-bond donors (Lipinski definition) is 1. The lowest BCUT2D eigenvalue weighted by atomic mass is 9.94. The van der Waals surface area contributed by atoms with Crippen molar-refractivity contribution in [1.82, 2.24) is 10.2 Å². The Hall–Kier alpha value is -3.36. The third kappa shape index (κ3) is 9.31. The summed E-state index contributed by atoms with van der Waals surface area (Å²) >= 11 is 6.14. The zero-order valence-corrected chi connectivity index (χ0v) is 26.8. The maximum Gasteiger partial charge on any atom is 0.244 e. The first kappa shape index (κ1) is 32.6. The maximum absolute atomic E-state index is 14.3. The van der Waals surface area contributed by atoms with E-state index in [4.69, 9.17) is 11.6 Å². The number of rotatable bonds is 12. The molecule has 7 nitrogen and oxygen atoms in total. The first-order valence-electron chi connectivity index (χ1n) is 15.0. The molecule has 0 radical (unpaired) electrons. The van der Waals surface area contributed by atoms with E-state index < -0.39 is 28.5 Å². The van der Waals surface area contributed by atoms with Crippen molar-refractivity contribution in [2.75, 3.05) is 17.1 Å². The molecule has 1 fully saturated rings. The van der Waals surface area contributed by atoms with E-state index in [2.05, 4.69) is 19.2 Å². The number of benzene rings is 3. The maximum atomic E-state index is 14.3. The van der Waals surface area contributed by atoms with Crippen LogP contribution in [0.25, 0.3) is 0 Å². The molecule has 1 saturated carbocycles. The van der Waals surface area contributed by atoms with Crippen molar-refractivity contribution >= 4 is 39.1 Å². The Morgan fingerprint density at radius 2 is 1.51 bits per heavy atom. The summed E-state index contributed by atoms with van der Waals surface area (Å²) in [5.41, 5.74) is 3.16. The average molecular weight is 624 g/mol. The molecule has 3 aromatic rings. The third-order valence-corrected chi connectivity index (χ3v) is 9.41. The van der Waals surface area contributed by atoms with E-state index in [-0.39, 0.29) is 24.4 Å². The van der Waals surface area contributed by atoms with Crippen LogP contribution in [0.2, 0.25) is 5.02 Å². The number of hydrogen-bond acceptors (Lipinski definition) is 4. The SMILES string of the molecule is CC(C)c1ccc(N(CC(=O)N(Cc2ccc(Cl)cc2)C(Cc2ccccc2)C(=O)NC2CCCCC2)S(C)(=O)=O)cc1. The van der Waals surface area contributed by atoms with Gasteiger partial charge in [0.2, 0.25) is 21.8 Å². The predicted molar refractivity (Wildman–Crippen MR) is 174 cm³/mol. The predicted octanol–water partition coefficient (Wildman–Crippen LogP) is 6.32. The standard InChI is InChI=1S/C34H42ClN3O4S/c1-25(2)28-16-20-31(21-17-28)38(43(3,41)42)24-33(39)37(23-27-14-18-29(35)19-15-27)32(22-26-10-6-4-7-11-26)34(40)36-30-12-8-5-9-13-30/h4,6-7,10-11,14-21,25,30,32H,5,8-9,12-13,22-24H2,1-3H3,(H,36,40). The molecule has 1 atom stereocenters. The Balaban J connectivity index is 1.71. The van der Waals surface area contributed by atoms with Crippen molar-refractivity contribution in [3.05, 3.63) is 101 Å². The number of sulfonamides is 1. The highest BCUT2D eigenvalue weighted by Crippen LogP contribution is 2.24. The van der Waals surface area contributed by atoms with E-state index in [1.54, 1.807) is 24.3 Å². The fraction of sp³-hybridized carbons (Fsp3) is 0.412. The highest BCUT2D eigenvalue weighted by molar-refractivity contribution is 7.92. The summed E-state index contributed by atoms with van der Waals surface area (Å²) in [5.74, 6) is -0.419. The van der Waals surface area contributed by atoms with Gasteiger partial charge in [-0.15, -0.1) is 0 Å². The fourth-order valence-electron chi connectivity index (χ4n) is 5.52. The van der Waals surface area contributed by atoms with Gasteiger partial charge < -0.3 is 10.2 Å². The molecule has 1 aliphatic carbocycles. The van der Waals surface area contributed by atoms with Gasteiger partial charge in [-0.25, -0.2) is 8.42 Å². The average Bonchev–Trinajstić information content (AvgIpc) is 2.99. The molecule has 0 heterocycles. The Morgan fingerprint density at radius 1 is 0.884 bits per heavy atom. The van der Waals surface area contributed by atoms with Gasteiger partial charge in [0.25, 0.3) is 0 Å². The van der Waals surface area contributed by atoms with Crippen LogP contribution in [0.4, 0.5) is 5.69 Å². The molecular formula is C34H42ClN3O4S. The summed E-state index contributed by atoms with van der Waals surface area (Å²) < 4.78 is 27.2. The van der Waals surface area contributed by atoms with Gasteiger partial charge in [0.05, 0.1) is 11.9 Å². The Labute approximate surface area is 261 Å². The highest BCUT2D eigenvalue weighted by Gasteiger charge is 2.34. The van der Waals surface area contributed by atoms with Gasteiger partial charge in [-0.2, -0.15) is 0 Å². The summed E-state index contributed by atoms with van der Waals surface area (Å²) in [7, 11) is -3.82. The van der Waals surface area contributed by atoms with Gasteiger partial charge in [-0.05, 0) is 59.7 Å². The molecule has 3 aromatic carbocycles. The first-order valence-corrected chi connectivity index (χ1v) is 17.2. The molecule has 2 amide bonds. The number of carbonyl (C=O) groups excluding carboxylic acids is 2. The van der Waals surface area contributed by atoms with E-state index in [1.165, 1.54) is 4.90 Å². The lowest BCUT2D eigenvalue weighted by molar-refractivity contribution is -0.140. The van der Waals surface area contributed by atoms with E-state index in [0.29, 0.717) is 17.1 Å². The van der Waals surface area contributed by atoms with Crippen molar-refractivity contribution in [2.24, 2.45) is 0 Å². The number of nitrogens with zero attached hydrogens (tertiary/aromatic N) is 2. The minimum Gasteiger partial charge on any atom is -0.352 e. The molecule has 4 rings (SSSR count). The topological polar surface area (TPSA) is 86.8 Å². The minimum atomic E-state index is -3.82. The van der Waals surface area contributed by atoms with E-state index >= 15 is 0 Å². The smallest absolute Gasteiger partial charge is 0.244 e. The van der Waals surface area contributed by atoms with Crippen molar-refractivity contribution < 1.29 is 18.0 Å². The second kappa shape index (κ2) is 14.9. The zero-order chi connectivity index (χ0) is 31.0. The molecule has 230 valence electrons. The summed E-state index contributed by atoms with van der Waals surface area (Å²) in [5, 5.41) is 3.78. The van der Waals surface area contributed by atoms with Crippen LogP contribution in [0.5, 0.6) is 0 Å². The lowest BCUT2D eigenvalue weighted by Gasteiger charge is -2.35. The van der Waals surface area contributed by atoms with Crippen molar-refractivity contribution in [3.63, 3.8) is 0 Å². The van der Waals surface area contributed by atoms with Gasteiger partial charge in [0.1, 0.15) is 12.6 Å². The van der Waals surface area contributed by atoms with E-state index in [1.807, 2.05) is 54.6 Å². The second-order valence-corrected chi connectivity index (χ2v) is 14.1. The second-order valence-electron chi connectivity index (χ2n) is 11.7. The summed E-state index contributed by atoms with van der Waals surface area (Å²) in [6.45, 7) is 3.81. The van der Waals surface area contributed by atoms with Crippen LogP contribution in [0.15, 0.2) is 78.9 Å². The monoisotopic (exact) mass is 623 g/mol. The Kier molecular flexibility index (Phi) is 11.3. The largest absolute Gasteiger partial charge is 0.352 e. The normalized spacial score (nSPS) is 14.7. The number of anilines is 1. The first-order chi connectivity index (χ1) is 20.5. The number of halogens is 1. The molecule has 43 heavy (non-hydrogen) atoms. The summed E-state index contributed by atoms with van der Waals surface area (Å²) in [4.78, 5) is 29.8. The minimum absolute atomic E-state index is 0.0546. The third-order valence-electron chi connectivity index (χ3n) is 8.02. The molecule has 0 spiro atoms. The number of nitrogens with one attached hydrogen (secondary N) is 1. The Bertz CT molecular complexity index is 1460. The summed E-state index contributed by atoms with van der Waals surface area (Å²) in [6, 6.07) is 23.1. The quantitative estimate of drug-likeness (QED) is 0.256. The molecule has 1 N–H and O–H groups in total. The molecule has 1 unspecified atom stereocenters. The van der Waals surface area contributed by atoms with Gasteiger partial charge >= 0.3 is 0 Å². The van der Waals surface area contributed by atoms with Crippen molar-refractivity contribution in [2.45, 2.75) is 76.9 Å². The van der Waals surface area contributed by atoms with Crippen LogP contribution >= 0.6 is 11.6 Å². The van der Waals surface area contributed by atoms with Crippen LogP contribution in [0.3, 0.4) is 0 Å². The molecule has 0 saturated heterocycles. The molecule has 9 heteroatoms. The van der Waals surface area contributed by atoms with Crippen molar-refractivity contribution in [1.29, 1.82) is 0 Å². The fourth-order valence-corrected chi connectivity index (χ4v) is 6.50. The van der Waals surface area contributed by atoms with E-state index in [0.717, 1.165) is 59.4 Å². The van der Waals surface area contributed by atoms with E-state index in [9.17, 15) is 18.0 Å². The lowest BCUT2D eigenvalue weighted by Crippen LogP contribution is -2.55. The molecule has 1 aliphatic rings. The van der Waals surface area contributed by atoms with Gasteiger partial charge in [0.15, 0.2) is 0 Å². The summed E-state index contributed by atoms with van der Waals surface area (Å²) in [6.07, 6.45) is 6.46. The highest BCUT2D eigenvalue weighted by atomic mass is 35.5. The van der Waals surface area contributed by atoms with Gasteiger partial charge in [-0.3, -0.25) is 13.9 Å². The van der Waals surface area contributed by atoms with Gasteiger partial charge in [0, 0.05) is 24.0 Å². The Morgan fingerprint density at radius 3 is 2.09 bits per heavy atom. The zero-order valence-electron chi connectivity index (χ0n) is 25.2. The number of amides is 2. The van der Waals surface area contributed by atoms with Crippen LogP contribution in [0, 0.1) is 0 Å². The molecule has 0 bridgehead atoms. The van der Waals surface area contributed by atoms with Crippen molar-refractivity contribution in [3.8, 4) is 0 Å². The van der Waals surface area contributed by atoms with Crippen LogP contribution in [-0.2, 0) is 32.6 Å². The molecule has 0 aromatic heterocycles.